The summed E-state index contributed by atoms with van der Waals surface area (Å²) in [5, 5.41) is 4.52. The lowest BCUT2D eigenvalue weighted by molar-refractivity contribution is 0.432. The molecule has 0 saturated heterocycles. The molecule has 0 amide bonds. The summed E-state index contributed by atoms with van der Waals surface area (Å²) in [5.74, 6) is 0.890. The summed E-state index contributed by atoms with van der Waals surface area (Å²) in [7, 11) is 0. The molecule has 2 aromatic carbocycles. The summed E-state index contributed by atoms with van der Waals surface area (Å²) in [4.78, 5) is 4.38. The lowest BCUT2D eigenvalue weighted by atomic mass is 10.1. The third kappa shape index (κ3) is 2.38. The van der Waals surface area contributed by atoms with Crippen molar-refractivity contribution in [3.8, 4) is 22.8 Å². The van der Waals surface area contributed by atoms with Crippen LogP contribution in [0.1, 0.15) is 5.56 Å². The van der Waals surface area contributed by atoms with Gasteiger partial charge in [0, 0.05) is 11.3 Å². The minimum Gasteiger partial charge on any atom is -0.399 e. The minimum atomic E-state index is 0.360. The maximum atomic E-state index is 6.13. The molecule has 20 heavy (non-hydrogen) atoms. The maximum absolute atomic E-state index is 6.13. The summed E-state index contributed by atoms with van der Waals surface area (Å²) in [6.45, 7) is 2.01. The highest BCUT2D eigenvalue weighted by molar-refractivity contribution is 6.33. The number of nitrogen functional groups attached to an aromatic ring is 1. The minimum absolute atomic E-state index is 0.360. The van der Waals surface area contributed by atoms with Crippen molar-refractivity contribution < 1.29 is 4.52 Å². The van der Waals surface area contributed by atoms with Crippen LogP contribution in [0.4, 0.5) is 5.69 Å². The van der Waals surface area contributed by atoms with Gasteiger partial charge in [-0.25, -0.2) is 0 Å². The maximum Gasteiger partial charge on any atom is 0.259 e. The van der Waals surface area contributed by atoms with Crippen molar-refractivity contribution in [2.75, 3.05) is 5.73 Å². The Labute approximate surface area is 121 Å². The SMILES string of the molecule is Cc1cccc(-c2noc(-c3cc(N)ccc3Cl)n2)c1. The van der Waals surface area contributed by atoms with Crippen LogP contribution < -0.4 is 5.73 Å². The quantitative estimate of drug-likeness (QED) is 0.724. The molecule has 3 rings (SSSR count). The number of aromatic nitrogens is 2. The Kier molecular flexibility index (Phi) is 3.16. The van der Waals surface area contributed by atoms with Crippen LogP contribution in [0, 0.1) is 6.92 Å². The molecule has 1 heterocycles. The second-order valence-corrected chi connectivity index (χ2v) is 4.94. The van der Waals surface area contributed by atoms with E-state index in [1.54, 1.807) is 18.2 Å². The molecule has 1 aromatic heterocycles. The molecule has 4 nitrogen and oxygen atoms in total. The third-order valence-corrected chi connectivity index (χ3v) is 3.25. The number of aryl methyl sites for hydroxylation is 1. The lowest BCUT2D eigenvalue weighted by Crippen LogP contribution is -1.87. The van der Waals surface area contributed by atoms with E-state index in [9.17, 15) is 0 Å². The molecular formula is C15H12ClN3O. The number of halogens is 1. The predicted octanol–water partition coefficient (Wildman–Crippen LogP) is 3.95. The fraction of sp³-hybridized carbons (Fsp3) is 0.0667. The van der Waals surface area contributed by atoms with Crippen LogP contribution in [0.5, 0.6) is 0 Å². The number of benzene rings is 2. The molecule has 0 bridgehead atoms. The number of nitrogens with zero attached hydrogens (tertiary/aromatic N) is 2. The average Bonchev–Trinajstić information content (AvgIpc) is 2.91. The van der Waals surface area contributed by atoms with Crippen LogP contribution in [0.25, 0.3) is 22.8 Å². The second kappa shape index (κ2) is 4.98. The molecule has 0 aliphatic heterocycles. The van der Waals surface area contributed by atoms with Gasteiger partial charge in [0.2, 0.25) is 5.82 Å². The van der Waals surface area contributed by atoms with E-state index in [0.717, 1.165) is 11.1 Å². The van der Waals surface area contributed by atoms with E-state index in [-0.39, 0.29) is 0 Å². The Hall–Kier alpha value is -2.33. The van der Waals surface area contributed by atoms with E-state index >= 15 is 0 Å². The van der Waals surface area contributed by atoms with E-state index in [4.69, 9.17) is 21.9 Å². The van der Waals surface area contributed by atoms with Crippen molar-refractivity contribution >= 4 is 17.3 Å². The number of hydrogen-bond donors (Lipinski definition) is 1. The van der Waals surface area contributed by atoms with Gasteiger partial charge >= 0.3 is 0 Å². The molecule has 0 unspecified atom stereocenters. The lowest BCUT2D eigenvalue weighted by Gasteiger charge is -1.99. The van der Waals surface area contributed by atoms with Crippen molar-refractivity contribution in [1.29, 1.82) is 0 Å². The van der Waals surface area contributed by atoms with Gasteiger partial charge in [0.15, 0.2) is 0 Å². The second-order valence-electron chi connectivity index (χ2n) is 4.53. The van der Waals surface area contributed by atoms with Crippen molar-refractivity contribution in [3.63, 3.8) is 0 Å². The van der Waals surface area contributed by atoms with Gasteiger partial charge in [-0.15, -0.1) is 0 Å². The molecule has 0 radical (unpaired) electrons. The first-order valence-corrected chi connectivity index (χ1v) is 6.47. The van der Waals surface area contributed by atoms with Gasteiger partial charge in [-0.3, -0.25) is 0 Å². The fourth-order valence-electron chi connectivity index (χ4n) is 1.94. The molecule has 0 saturated carbocycles. The van der Waals surface area contributed by atoms with Crippen LogP contribution in [0.15, 0.2) is 47.0 Å². The zero-order valence-electron chi connectivity index (χ0n) is 10.8. The Morgan fingerprint density at radius 1 is 1.15 bits per heavy atom. The van der Waals surface area contributed by atoms with Crippen molar-refractivity contribution in [2.24, 2.45) is 0 Å². The summed E-state index contributed by atoms with van der Waals surface area (Å²) >= 11 is 6.13. The topological polar surface area (TPSA) is 64.9 Å². The standard InChI is InChI=1S/C15H12ClN3O/c1-9-3-2-4-10(7-9)14-18-15(20-19-14)12-8-11(17)5-6-13(12)16/h2-8H,17H2,1H3. The number of hydrogen-bond acceptors (Lipinski definition) is 4. The largest absolute Gasteiger partial charge is 0.399 e. The van der Waals surface area contributed by atoms with Gasteiger partial charge < -0.3 is 10.3 Å². The highest BCUT2D eigenvalue weighted by atomic mass is 35.5. The predicted molar refractivity (Wildman–Crippen MR) is 79.3 cm³/mol. The van der Waals surface area contributed by atoms with Crippen LogP contribution in [0.3, 0.4) is 0 Å². The van der Waals surface area contributed by atoms with E-state index in [1.165, 1.54) is 0 Å². The van der Waals surface area contributed by atoms with Crippen LogP contribution in [-0.2, 0) is 0 Å². The summed E-state index contributed by atoms with van der Waals surface area (Å²) in [5.41, 5.74) is 9.03. The number of rotatable bonds is 2. The first-order valence-electron chi connectivity index (χ1n) is 6.09. The van der Waals surface area contributed by atoms with E-state index < -0.39 is 0 Å². The highest BCUT2D eigenvalue weighted by Gasteiger charge is 2.13. The summed E-state index contributed by atoms with van der Waals surface area (Å²) in [6, 6.07) is 13.0. The average molecular weight is 286 g/mol. The third-order valence-electron chi connectivity index (χ3n) is 2.92. The molecule has 2 N–H and O–H groups in total. The van der Waals surface area contributed by atoms with Gasteiger partial charge in [-0.2, -0.15) is 4.98 Å². The van der Waals surface area contributed by atoms with E-state index in [2.05, 4.69) is 10.1 Å². The van der Waals surface area contributed by atoms with Gasteiger partial charge in [-0.1, -0.05) is 40.5 Å². The molecule has 5 heteroatoms. The smallest absolute Gasteiger partial charge is 0.259 e. The first-order chi connectivity index (χ1) is 9.63. The fourth-order valence-corrected chi connectivity index (χ4v) is 2.14. The van der Waals surface area contributed by atoms with Crippen LogP contribution in [0.2, 0.25) is 5.02 Å². The molecule has 100 valence electrons. The van der Waals surface area contributed by atoms with Crippen LogP contribution >= 0.6 is 11.6 Å². The molecule has 0 fully saturated rings. The van der Waals surface area contributed by atoms with Crippen molar-refractivity contribution in [1.82, 2.24) is 10.1 Å². The molecule has 0 aliphatic carbocycles. The number of nitrogens with two attached hydrogens (primary N) is 1. The monoisotopic (exact) mass is 285 g/mol. The first kappa shape index (κ1) is 12.7. The van der Waals surface area contributed by atoms with Crippen molar-refractivity contribution in [2.45, 2.75) is 6.92 Å². The molecule has 3 aromatic rings. The Balaban J connectivity index is 2.04. The normalized spacial score (nSPS) is 10.7. The highest BCUT2D eigenvalue weighted by Crippen LogP contribution is 2.30. The van der Waals surface area contributed by atoms with Gasteiger partial charge in [0.1, 0.15) is 0 Å². The van der Waals surface area contributed by atoms with Gasteiger partial charge in [0.05, 0.1) is 10.6 Å². The van der Waals surface area contributed by atoms with E-state index in [0.29, 0.717) is 28.0 Å². The zero-order chi connectivity index (χ0) is 14.1. The Morgan fingerprint density at radius 2 is 2.00 bits per heavy atom. The Bertz CT molecular complexity index is 767. The van der Waals surface area contributed by atoms with Gasteiger partial charge in [-0.05, 0) is 31.2 Å². The van der Waals surface area contributed by atoms with Crippen molar-refractivity contribution in [3.05, 3.63) is 53.1 Å². The molecule has 0 atom stereocenters. The molecule has 0 aliphatic rings. The zero-order valence-corrected chi connectivity index (χ0v) is 11.6. The van der Waals surface area contributed by atoms with Crippen LogP contribution in [-0.4, -0.2) is 10.1 Å². The summed E-state index contributed by atoms with van der Waals surface area (Å²) < 4.78 is 5.28. The van der Waals surface area contributed by atoms with E-state index in [1.807, 2.05) is 31.2 Å². The number of anilines is 1. The summed E-state index contributed by atoms with van der Waals surface area (Å²) in [6.07, 6.45) is 0. The molecule has 0 spiro atoms. The van der Waals surface area contributed by atoms with Gasteiger partial charge in [0.25, 0.3) is 5.89 Å². The Morgan fingerprint density at radius 3 is 2.80 bits per heavy atom. The molecular weight excluding hydrogens is 274 g/mol.